The van der Waals surface area contributed by atoms with Gasteiger partial charge in [0.1, 0.15) is 5.54 Å². The van der Waals surface area contributed by atoms with E-state index in [0.717, 1.165) is 37.5 Å². The molecule has 1 aromatic heterocycles. The first-order valence-electron chi connectivity index (χ1n) is 8.76. The van der Waals surface area contributed by atoms with Gasteiger partial charge in [-0.15, -0.1) is 0 Å². The van der Waals surface area contributed by atoms with E-state index in [9.17, 15) is 4.79 Å². The fraction of sp³-hybridized carbons (Fsp3) is 0.824. The lowest BCUT2D eigenvalue weighted by Gasteiger charge is -2.28. The van der Waals surface area contributed by atoms with Gasteiger partial charge in [-0.1, -0.05) is 24.4 Å². The topological polar surface area (TPSA) is 68.0 Å². The van der Waals surface area contributed by atoms with Crippen LogP contribution in [0.3, 0.4) is 0 Å². The summed E-state index contributed by atoms with van der Waals surface area (Å²) in [5.74, 6) is 3.71. The Morgan fingerprint density at radius 2 is 2.14 bits per heavy atom. The maximum absolute atomic E-state index is 12.6. The predicted octanol–water partition coefficient (Wildman–Crippen LogP) is 3.09. The van der Waals surface area contributed by atoms with Crippen LogP contribution in [0.4, 0.5) is 0 Å². The second-order valence-corrected chi connectivity index (χ2v) is 7.61. The van der Waals surface area contributed by atoms with E-state index in [1.165, 1.54) is 25.7 Å². The van der Waals surface area contributed by atoms with Gasteiger partial charge in [0, 0.05) is 13.3 Å². The van der Waals surface area contributed by atoms with Crippen molar-refractivity contribution in [3.63, 3.8) is 0 Å². The third-order valence-electron chi connectivity index (χ3n) is 6.12. The molecule has 3 aliphatic rings. The Morgan fingerprint density at radius 1 is 1.32 bits per heavy atom. The number of nitrogens with zero attached hydrogens (tertiary/aromatic N) is 2. The van der Waals surface area contributed by atoms with Crippen LogP contribution in [0.2, 0.25) is 0 Å². The number of hydrogen-bond donors (Lipinski definition) is 1. The molecular formula is C17H25N3O2. The van der Waals surface area contributed by atoms with Gasteiger partial charge in [-0.2, -0.15) is 4.98 Å². The first-order valence-corrected chi connectivity index (χ1v) is 8.76. The molecule has 2 bridgehead atoms. The first-order chi connectivity index (χ1) is 10.6. The Kier molecular flexibility index (Phi) is 3.46. The lowest BCUT2D eigenvalue weighted by atomic mass is 9.85. The van der Waals surface area contributed by atoms with Crippen molar-refractivity contribution in [2.75, 3.05) is 0 Å². The van der Waals surface area contributed by atoms with Gasteiger partial charge in [0.25, 0.3) is 0 Å². The van der Waals surface area contributed by atoms with Gasteiger partial charge in [-0.05, 0) is 49.9 Å². The zero-order valence-electron chi connectivity index (χ0n) is 13.3. The molecule has 3 atom stereocenters. The zero-order chi connectivity index (χ0) is 15.2. The third-order valence-corrected chi connectivity index (χ3v) is 6.12. The lowest BCUT2D eigenvalue weighted by Crippen LogP contribution is -2.45. The van der Waals surface area contributed by atoms with Gasteiger partial charge < -0.3 is 9.84 Å². The molecular weight excluding hydrogens is 278 g/mol. The number of fused-ring (bicyclic) bond motifs is 2. The second-order valence-electron chi connectivity index (χ2n) is 7.61. The van der Waals surface area contributed by atoms with Crippen molar-refractivity contribution >= 4 is 5.91 Å². The van der Waals surface area contributed by atoms with Crippen molar-refractivity contribution in [3.8, 4) is 0 Å². The Morgan fingerprint density at radius 3 is 2.73 bits per heavy atom. The molecule has 0 aliphatic heterocycles. The van der Waals surface area contributed by atoms with Crippen LogP contribution in [-0.4, -0.2) is 16.0 Å². The van der Waals surface area contributed by atoms with Crippen LogP contribution in [0.5, 0.6) is 0 Å². The largest absolute Gasteiger partial charge is 0.343 e. The predicted molar refractivity (Wildman–Crippen MR) is 80.9 cm³/mol. The highest BCUT2D eigenvalue weighted by atomic mass is 16.5. The number of aromatic nitrogens is 2. The molecule has 4 rings (SSSR count). The molecule has 1 amide bonds. The van der Waals surface area contributed by atoms with Crippen LogP contribution in [-0.2, 0) is 10.3 Å². The van der Waals surface area contributed by atoms with Crippen molar-refractivity contribution in [2.24, 2.45) is 17.8 Å². The van der Waals surface area contributed by atoms with E-state index in [2.05, 4.69) is 15.5 Å². The van der Waals surface area contributed by atoms with Gasteiger partial charge in [0.05, 0.1) is 0 Å². The molecule has 5 nitrogen and oxygen atoms in total. The van der Waals surface area contributed by atoms with E-state index >= 15 is 0 Å². The maximum Gasteiger partial charge on any atom is 0.223 e. The number of carbonyl (C=O) groups excluding carboxylic acids is 1. The van der Waals surface area contributed by atoms with Gasteiger partial charge in [0.2, 0.25) is 11.8 Å². The molecule has 1 N–H and O–H groups in total. The minimum Gasteiger partial charge on any atom is -0.343 e. The highest BCUT2D eigenvalue weighted by Crippen LogP contribution is 2.49. The molecule has 0 spiro atoms. The Labute approximate surface area is 131 Å². The third kappa shape index (κ3) is 2.44. The summed E-state index contributed by atoms with van der Waals surface area (Å²) in [7, 11) is 0. The maximum atomic E-state index is 12.6. The van der Waals surface area contributed by atoms with E-state index in [4.69, 9.17) is 4.52 Å². The molecule has 120 valence electrons. The van der Waals surface area contributed by atoms with E-state index < -0.39 is 0 Å². The minimum absolute atomic E-state index is 0.182. The van der Waals surface area contributed by atoms with Gasteiger partial charge in [-0.25, -0.2) is 0 Å². The van der Waals surface area contributed by atoms with E-state index in [1.807, 2.05) is 0 Å². The molecule has 5 heteroatoms. The van der Waals surface area contributed by atoms with Crippen molar-refractivity contribution in [2.45, 2.75) is 70.3 Å². The Bertz CT molecular complexity index is 562. The average molecular weight is 303 g/mol. The summed E-state index contributed by atoms with van der Waals surface area (Å²) < 4.78 is 5.14. The number of rotatable bonds is 4. The summed E-state index contributed by atoms with van der Waals surface area (Å²) >= 11 is 0. The first kappa shape index (κ1) is 14.2. The summed E-state index contributed by atoms with van der Waals surface area (Å²) in [5, 5.41) is 7.38. The monoisotopic (exact) mass is 303 g/mol. The quantitative estimate of drug-likeness (QED) is 0.928. The molecule has 0 radical (unpaired) electrons. The zero-order valence-corrected chi connectivity index (χ0v) is 13.3. The van der Waals surface area contributed by atoms with Gasteiger partial charge >= 0.3 is 0 Å². The van der Waals surface area contributed by atoms with Crippen LogP contribution in [0.25, 0.3) is 0 Å². The average Bonchev–Trinajstić information content (AvgIpc) is 3.21. The number of hydrogen-bond acceptors (Lipinski definition) is 4. The fourth-order valence-corrected chi connectivity index (χ4v) is 5.06. The highest BCUT2D eigenvalue weighted by molar-refractivity contribution is 5.77. The Hall–Kier alpha value is -1.39. The summed E-state index contributed by atoms with van der Waals surface area (Å²) in [6, 6.07) is 0. The molecule has 3 aliphatic carbocycles. The molecule has 3 fully saturated rings. The standard InChI is InChI=1S/C17H25N3O2/c1-11-18-16(20-22-11)17(6-2-3-7-17)19-15(21)10-14-9-12-4-5-13(14)8-12/h12-14H,2-10H2,1H3,(H,19,21). The van der Waals surface area contributed by atoms with Crippen LogP contribution >= 0.6 is 0 Å². The van der Waals surface area contributed by atoms with Gasteiger partial charge in [-0.3, -0.25) is 4.79 Å². The second kappa shape index (κ2) is 5.36. The normalized spacial score (nSPS) is 32.5. The van der Waals surface area contributed by atoms with Crippen LogP contribution in [0, 0.1) is 24.7 Å². The van der Waals surface area contributed by atoms with E-state index in [0.29, 0.717) is 24.1 Å². The number of carbonyl (C=O) groups is 1. The Balaban J connectivity index is 1.44. The van der Waals surface area contributed by atoms with Crippen molar-refractivity contribution in [1.29, 1.82) is 0 Å². The summed E-state index contributed by atoms with van der Waals surface area (Å²) in [6.07, 6.45) is 10.1. The SMILES string of the molecule is Cc1nc(C2(NC(=O)CC3CC4CCC3C4)CCCC2)no1. The van der Waals surface area contributed by atoms with E-state index in [-0.39, 0.29) is 11.4 Å². The summed E-state index contributed by atoms with van der Waals surface area (Å²) in [4.78, 5) is 17.0. The molecule has 3 unspecified atom stereocenters. The number of aryl methyl sites for hydroxylation is 1. The van der Waals surface area contributed by atoms with Crippen molar-refractivity contribution in [3.05, 3.63) is 11.7 Å². The summed E-state index contributed by atoms with van der Waals surface area (Å²) in [6.45, 7) is 1.80. The minimum atomic E-state index is -0.382. The summed E-state index contributed by atoms with van der Waals surface area (Å²) in [5.41, 5.74) is -0.382. The molecule has 0 aromatic carbocycles. The number of nitrogens with one attached hydrogen (secondary N) is 1. The molecule has 1 aromatic rings. The lowest BCUT2D eigenvalue weighted by molar-refractivity contribution is -0.124. The number of amides is 1. The van der Waals surface area contributed by atoms with Crippen LogP contribution in [0.15, 0.2) is 4.52 Å². The molecule has 22 heavy (non-hydrogen) atoms. The van der Waals surface area contributed by atoms with Crippen LogP contribution in [0.1, 0.15) is 69.5 Å². The fourth-order valence-electron chi connectivity index (χ4n) is 5.06. The van der Waals surface area contributed by atoms with Crippen molar-refractivity contribution in [1.82, 2.24) is 15.5 Å². The smallest absolute Gasteiger partial charge is 0.223 e. The molecule has 0 saturated heterocycles. The van der Waals surface area contributed by atoms with Gasteiger partial charge in [0.15, 0.2) is 5.82 Å². The van der Waals surface area contributed by atoms with Crippen molar-refractivity contribution < 1.29 is 9.32 Å². The van der Waals surface area contributed by atoms with E-state index in [1.54, 1.807) is 6.92 Å². The highest BCUT2D eigenvalue weighted by Gasteiger charge is 2.44. The molecule has 1 heterocycles. The molecule has 3 saturated carbocycles. The van der Waals surface area contributed by atoms with Crippen LogP contribution < -0.4 is 5.32 Å².